The number of fused-ring (bicyclic) bond motifs is 1. The second kappa shape index (κ2) is 8.07. The fraction of sp³-hybridized carbons (Fsp3) is 0.348. The van der Waals surface area contributed by atoms with Gasteiger partial charge in [-0.1, -0.05) is 39.0 Å². The van der Waals surface area contributed by atoms with Crippen LogP contribution in [0, 0.1) is 0 Å². The molecule has 1 aromatic heterocycles. The standard InChI is InChI=1S/C23H28N2O4/c1-23(2,3)15-9-7-8-10-16(15)25-19(26)11-14-13-24-17-12-18(27-4)21(28-5)22(29-6)20(14)17/h7-10,12-13,24H,11H2,1-6H3,(H,25,26). The van der Waals surface area contributed by atoms with Gasteiger partial charge < -0.3 is 24.5 Å². The fourth-order valence-electron chi connectivity index (χ4n) is 3.58. The molecule has 0 atom stereocenters. The van der Waals surface area contributed by atoms with Crippen molar-refractivity contribution in [2.75, 3.05) is 26.6 Å². The van der Waals surface area contributed by atoms with E-state index in [2.05, 4.69) is 31.1 Å². The van der Waals surface area contributed by atoms with Crippen molar-refractivity contribution in [2.24, 2.45) is 0 Å². The molecule has 3 aromatic rings. The molecule has 154 valence electrons. The van der Waals surface area contributed by atoms with Crippen molar-refractivity contribution in [2.45, 2.75) is 32.6 Å². The highest BCUT2D eigenvalue weighted by Gasteiger charge is 2.22. The van der Waals surface area contributed by atoms with Gasteiger partial charge in [0.2, 0.25) is 11.7 Å². The van der Waals surface area contributed by atoms with Crippen LogP contribution < -0.4 is 19.5 Å². The van der Waals surface area contributed by atoms with Crippen LogP contribution in [0.3, 0.4) is 0 Å². The van der Waals surface area contributed by atoms with Crippen LogP contribution in [0.15, 0.2) is 36.5 Å². The maximum atomic E-state index is 12.9. The van der Waals surface area contributed by atoms with E-state index in [1.54, 1.807) is 21.3 Å². The summed E-state index contributed by atoms with van der Waals surface area (Å²) in [5, 5.41) is 3.87. The smallest absolute Gasteiger partial charge is 0.228 e. The van der Waals surface area contributed by atoms with Crippen LogP contribution >= 0.6 is 0 Å². The van der Waals surface area contributed by atoms with Crippen LogP contribution in [0.2, 0.25) is 0 Å². The third kappa shape index (κ3) is 4.01. The molecule has 0 bridgehead atoms. The van der Waals surface area contributed by atoms with Gasteiger partial charge in [0.05, 0.1) is 33.3 Å². The highest BCUT2D eigenvalue weighted by molar-refractivity contribution is 5.99. The molecule has 29 heavy (non-hydrogen) atoms. The molecule has 0 aliphatic heterocycles. The summed E-state index contributed by atoms with van der Waals surface area (Å²) in [4.78, 5) is 16.1. The second-order valence-electron chi connectivity index (χ2n) is 7.90. The number of carbonyl (C=O) groups is 1. The molecule has 0 fully saturated rings. The Balaban J connectivity index is 1.95. The Morgan fingerprint density at radius 3 is 2.34 bits per heavy atom. The summed E-state index contributed by atoms with van der Waals surface area (Å²) in [6.07, 6.45) is 2.02. The number of aromatic nitrogens is 1. The average Bonchev–Trinajstić information content (AvgIpc) is 3.08. The molecule has 0 saturated heterocycles. The summed E-state index contributed by atoms with van der Waals surface area (Å²) in [6.45, 7) is 6.38. The molecule has 0 aliphatic rings. The van der Waals surface area contributed by atoms with E-state index in [0.717, 1.165) is 27.7 Å². The van der Waals surface area contributed by atoms with Gasteiger partial charge in [-0.05, 0) is 22.6 Å². The van der Waals surface area contributed by atoms with Crippen LogP contribution in [-0.2, 0) is 16.6 Å². The number of H-pyrrole nitrogens is 1. The van der Waals surface area contributed by atoms with Gasteiger partial charge in [-0.25, -0.2) is 0 Å². The number of amides is 1. The number of ether oxygens (including phenoxy) is 3. The quantitative estimate of drug-likeness (QED) is 0.635. The Kier molecular flexibility index (Phi) is 5.73. The van der Waals surface area contributed by atoms with E-state index < -0.39 is 0 Å². The normalized spacial score (nSPS) is 11.4. The number of nitrogens with one attached hydrogen (secondary N) is 2. The minimum atomic E-state index is -0.0977. The van der Waals surface area contributed by atoms with Gasteiger partial charge in [0.15, 0.2) is 11.5 Å². The first-order valence-electron chi connectivity index (χ1n) is 9.48. The average molecular weight is 396 g/mol. The summed E-state index contributed by atoms with van der Waals surface area (Å²) < 4.78 is 16.5. The molecule has 0 unspecified atom stereocenters. The maximum absolute atomic E-state index is 12.9. The number of methoxy groups -OCH3 is 3. The van der Waals surface area contributed by atoms with E-state index in [-0.39, 0.29) is 17.7 Å². The zero-order chi connectivity index (χ0) is 21.2. The number of hydrogen-bond donors (Lipinski definition) is 2. The van der Waals surface area contributed by atoms with E-state index in [1.807, 2.05) is 36.5 Å². The summed E-state index contributed by atoms with van der Waals surface area (Å²) in [6, 6.07) is 9.73. The predicted octanol–water partition coefficient (Wildman–Crippen LogP) is 4.67. The predicted molar refractivity (Wildman–Crippen MR) is 115 cm³/mol. The van der Waals surface area contributed by atoms with E-state index in [1.165, 1.54) is 0 Å². The van der Waals surface area contributed by atoms with Crippen LogP contribution in [-0.4, -0.2) is 32.2 Å². The molecule has 0 saturated carbocycles. The van der Waals surface area contributed by atoms with Gasteiger partial charge in [-0.3, -0.25) is 4.79 Å². The first kappa shape index (κ1) is 20.6. The lowest BCUT2D eigenvalue weighted by atomic mass is 9.86. The number of benzene rings is 2. The van der Waals surface area contributed by atoms with Crippen molar-refractivity contribution >= 4 is 22.5 Å². The zero-order valence-corrected chi connectivity index (χ0v) is 17.8. The SMILES string of the molecule is COc1cc2[nH]cc(CC(=O)Nc3ccccc3C(C)(C)C)c2c(OC)c1OC. The molecule has 1 heterocycles. The molecule has 6 heteroatoms. The molecule has 6 nitrogen and oxygen atoms in total. The van der Waals surface area contributed by atoms with Gasteiger partial charge in [0.25, 0.3) is 0 Å². The van der Waals surface area contributed by atoms with Gasteiger partial charge in [-0.15, -0.1) is 0 Å². The number of carbonyl (C=O) groups excluding carboxylic acids is 1. The molecule has 2 N–H and O–H groups in total. The van der Waals surface area contributed by atoms with Crippen LogP contribution in [0.1, 0.15) is 31.9 Å². The van der Waals surface area contributed by atoms with Crippen LogP contribution in [0.25, 0.3) is 10.9 Å². The summed E-state index contributed by atoms with van der Waals surface area (Å²) >= 11 is 0. The van der Waals surface area contributed by atoms with Crippen molar-refractivity contribution in [1.29, 1.82) is 0 Å². The highest BCUT2D eigenvalue weighted by atomic mass is 16.5. The van der Waals surface area contributed by atoms with Gasteiger partial charge in [-0.2, -0.15) is 0 Å². The Morgan fingerprint density at radius 1 is 1.03 bits per heavy atom. The minimum absolute atomic E-state index is 0.0716. The Bertz CT molecular complexity index is 1030. The fourth-order valence-corrected chi connectivity index (χ4v) is 3.58. The highest BCUT2D eigenvalue weighted by Crippen LogP contribution is 2.44. The topological polar surface area (TPSA) is 72.6 Å². The molecule has 2 aromatic carbocycles. The number of aromatic amines is 1. The lowest BCUT2D eigenvalue weighted by molar-refractivity contribution is -0.115. The van der Waals surface area contributed by atoms with Crippen molar-refractivity contribution in [1.82, 2.24) is 4.98 Å². The van der Waals surface area contributed by atoms with Crippen molar-refractivity contribution in [3.63, 3.8) is 0 Å². The van der Waals surface area contributed by atoms with Crippen molar-refractivity contribution in [3.8, 4) is 17.2 Å². The third-order valence-corrected chi connectivity index (χ3v) is 4.91. The monoisotopic (exact) mass is 396 g/mol. The van der Waals surface area contributed by atoms with E-state index >= 15 is 0 Å². The largest absolute Gasteiger partial charge is 0.493 e. The second-order valence-corrected chi connectivity index (χ2v) is 7.90. The third-order valence-electron chi connectivity index (χ3n) is 4.91. The first-order chi connectivity index (χ1) is 13.8. The van der Waals surface area contributed by atoms with E-state index in [9.17, 15) is 4.79 Å². The van der Waals surface area contributed by atoms with Crippen molar-refractivity contribution < 1.29 is 19.0 Å². The lowest BCUT2D eigenvalue weighted by Crippen LogP contribution is -2.19. The number of anilines is 1. The number of rotatable bonds is 6. The van der Waals surface area contributed by atoms with Crippen LogP contribution in [0.5, 0.6) is 17.2 Å². The molecular weight excluding hydrogens is 368 g/mol. The Hall–Kier alpha value is -3.15. The van der Waals surface area contributed by atoms with Crippen LogP contribution in [0.4, 0.5) is 5.69 Å². The molecule has 0 aliphatic carbocycles. The van der Waals surface area contributed by atoms with E-state index in [4.69, 9.17) is 14.2 Å². The molecular formula is C23H28N2O4. The van der Waals surface area contributed by atoms with Gasteiger partial charge in [0.1, 0.15) is 0 Å². The number of hydrogen-bond acceptors (Lipinski definition) is 4. The summed E-state index contributed by atoms with van der Waals surface area (Å²) in [5.74, 6) is 1.51. The van der Waals surface area contributed by atoms with Gasteiger partial charge >= 0.3 is 0 Å². The lowest BCUT2D eigenvalue weighted by Gasteiger charge is -2.23. The maximum Gasteiger partial charge on any atom is 0.228 e. The number of para-hydroxylation sites is 1. The van der Waals surface area contributed by atoms with Gasteiger partial charge in [0, 0.05) is 23.3 Å². The molecule has 1 amide bonds. The molecule has 0 radical (unpaired) electrons. The first-order valence-corrected chi connectivity index (χ1v) is 9.48. The zero-order valence-electron chi connectivity index (χ0n) is 17.8. The Morgan fingerprint density at radius 2 is 1.72 bits per heavy atom. The molecule has 3 rings (SSSR count). The Labute approximate surface area is 171 Å². The van der Waals surface area contributed by atoms with Crippen molar-refractivity contribution in [3.05, 3.63) is 47.7 Å². The minimum Gasteiger partial charge on any atom is -0.493 e. The summed E-state index contributed by atoms with van der Waals surface area (Å²) in [7, 11) is 4.72. The summed E-state index contributed by atoms with van der Waals surface area (Å²) in [5.41, 5.74) is 3.49. The van der Waals surface area contributed by atoms with E-state index in [0.29, 0.717) is 17.2 Å². The molecule has 0 spiro atoms.